The number of pyridine rings is 2. The molecule has 0 aliphatic carbocycles. The van der Waals surface area contributed by atoms with E-state index < -0.39 is 23.0 Å². The standard InChI is InChI=1S/C23H19ClF3N5O2S/c1-22(2)20(33)32(16-3-5-17(6-4-16)35-23(25,26)27)21(34)31(22)13-14-11-18(24)30-19(12-14)29-15-7-9-28-10-8-15/h3-12H,13H2,1-2H3,(H,28,29,30). The number of benzene rings is 1. The molecule has 4 rings (SSSR count). The van der Waals surface area contributed by atoms with Gasteiger partial charge in [0.05, 0.1) is 5.69 Å². The zero-order chi connectivity index (χ0) is 25.4. The van der Waals surface area contributed by atoms with Crippen LogP contribution in [0.3, 0.4) is 0 Å². The van der Waals surface area contributed by atoms with Crippen LogP contribution in [-0.2, 0) is 11.3 Å². The maximum Gasteiger partial charge on any atom is 0.446 e. The minimum absolute atomic E-state index is 0.0443. The van der Waals surface area contributed by atoms with Crippen molar-refractivity contribution in [2.24, 2.45) is 0 Å². The fourth-order valence-corrected chi connectivity index (χ4v) is 4.37. The van der Waals surface area contributed by atoms with Crippen LogP contribution in [0.2, 0.25) is 5.15 Å². The summed E-state index contributed by atoms with van der Waals surface area (Å²) in [6.07, 6.45) is 3.24. The van der Waals surface area contributed by atoms with E-state index in [-0.39, 0.29) is 34.0 Å². The number of imide groups is 1. The summed E-state index contributed by atoms with van der Waals surface area (Å²) in [4.78, 5) is 36.9. The fourth-order valence-electron chi connectivity index (χ4n) is 3.60. The van der Waals surface area contributed by atoms with Gasteiger partial charge in [-0.1, -0.05) is 11.6 Å². The number of carbonyl (C=O) groups is 2. The van der Waals surface area contributed by atoms with Crippen molar-refractivity contribution in [1.82, 2.24) is 14.9 Å². The number of aromatic nitrogens is 2. The highest BCUT2D eigenvalue weighted by atomic mass is 35.5. The fraction of sp³-hybridized carbons (Fsp3) is 0.217. The number of halogens is 4. The highest BCUT2D eigenvalue weighted by Gasteiger charge is 2.51. The van der Waals surface area contributed by atoms with Crippen LogP contribution in [0.5, 0.6) is 0 Å². The third-order valence-corrected chi connectivity index (χ3v) is 6.23. The van der Waals surface area contributed by atoms with E-state index in [0.29, 0.717) is 11.4 Å². The van der Waals surface area contributed by atoms with Crippen LogP contribution in [0, 0.1) is 0 Å². The van der Waals surface area contributed by atoms with Crippen molar-refractivity contribution in [1.29, 1.82) is 0 Å². The van der Waals surface area contributed by atoms with Crippen molar-refractivity contribution in [3.8, 4) is 0 Å². The van der Waals surface area contributed by atoms with Crippen molar-refractivity contribution in [2.45, 2.75) is 36.3 Å². The van der Waals surface area contributed by atoms with Gasteiger partial charge in [0.15, 0.2) is 0 Å². The monoisotopic (exact) mass is 521 g/mol. The lowest BCUT2D eigenvalue weighted by atomic mass is 10.0. The van der Waals surface area contributed by atoms with Crippen LogP contribution >= 0.6 is 23.4 Å². The number of rotatable bonds is 6. The molecule has 0 bridgehead atoms. The number of urea groups is 1. The second kappa shape index (κ2) is 9.38. The van der Waals surface area contributed by atoms with E-state index >= 15 is 0 Å². The van der Waals surface area contributed by atoms with Gasteiger partial charge in [-0.25, -0.2) is 14.7 Å². The molecule has 7 nitrogen and oxygen atoms in total. The number of nitrogens with zero attached hydrogens (tertiary/aromatic N) is 4. The first-order valence-corrected chi connectivity index (χ1v) is 11.5. The number of thioether (sulfide) groups is 1. The molecule has 1 N–H and O–H groups in total. The molecule has 0 unspecified atom stereocenters. The maximum absolute atomic E-state index is 13.3. The normalized spacial score (nSPS) is 15.6. The first kappa shape index (κ1) is 24.8. The Balaban J connectivity index is 1.57. The Morgan fingerprint density at radius 1 is 1.06 bits per heavy atom. The third kappa shape index (κ3) is 5.51. The molecule has 12 heteroatoms. The zero-order valence-electron chi connectivity index (χ0n) is 18.5. The first-order chi connectivity index (χ1) is 16.4. The van der Waals surface area contributed by atoms with Crippen molar-refractivity contribution < 1.29 is 22.8 Å². The van der Waals surface area contributed by atoms with E-state index in [1.807, 2.05) is 0 Å². The quantitative estimate of drug-likeness (QED) is 0.235. The SMILES string of the molecule is CC1(C)C(=O)N(c2ccc(SC(F)(F)F)cc2)C(=O)N1Cc1cc(Cl)nc(Nc2ccncc2)c1. The lowest BCUT2D eigenvalue weighted by molar-refractivity contribution is -0.123. The molecule has 2 aromatic heterocycles. The maximum atomic E-state index is 13.3. The molecular weight excluding hydrogens is 503 g/mol. The molecule has 0 radical (unpaired) electrons. The molecule has 1 saturated heterocycles. The summed E-state index contributed by atoms with van der Waals surface area (Å²) in [7, 11) is 0. The number of hydrogen-bond acceptors (Lipinski definition) is 6. The average Bonchev–Trinajstić information content (AvgIpc) is 2.93. The van der Waals surface area contributed by atoms with Gasteiger partial charge in [-0.3, -0.25) is 9.78 Å². The molecule has 0 spiro atoms. The van der Waals surface area contributed by atoms with Gasteiger partial charge in [0.2, 0.25) is 0 Å². The number of nitrogens with one attached hydrogen (secondary N) is 1. The lowest BCUT2D eigenvalue weighted by Crippen LogP contribution is -2.43. The van der Waals surface area contributed by atoms with E-state index in [4.69, 9.17) is 11.6 Å². The van der Waals surface area contributed by atoms with Gasteiger partial charge in [-0.15, -0.1) is 0 Å². The molecular formula is C23H19ClF3N5O2S. The second-order valence-corrected chi connectivity index (χ2v) is 9.68. The third-order valence-electron chi connectivity index (χ3n) is 5.30. The molecule has 3 amide bonds. The minimum atomic E-state index is -4.43. The highest BCUT2D eigenvalue weighted by molar-refractivity contribution is 8.00. The van der Waals surface area contributed by atoms with Gasteiger partial charge in [0.25, 0.3) is 5.91 Å². The zero-order valence-corrected chi connectivity index (χ0v) is 20.1. The van der Waals surface area contributed by atoms with Crippen LogP contribution < -0.4 is 10.2 Å². The number of carbonyl (C=O) groups excluding carboxylic acids is 2. The summed E-state index contributed by atoms with van der Waals surface area (Å²) in [5.74, 6) is -0.0434. The number of alkyl halides is 3. The number of anilines is 3. The molecule has 182 valence electrons. The Hall–Kier alpha value is -3.31. The smallest absolute Gasteiger partial charge is 0.340 e. The molecule has 1 fully saturated rings. The predicted molar refractivity (Wildman–Crippen MR) is 128 cm³/mol. The molecule has 3 heterocycles. The van der Waals surface area contributed by atoms with Gasteiger partial charge < -0.3 is 10.2 Å². The molecule has 1 aliphatic heterocycles. The summed E-state index contributed by atoms with van der Waals surface area (Å²) < 4.78 is 37.9. The largest absolute Gasteiger partial charge is 0.446 e. The van der Waals surface area contributed by atoms with Gasteiger partial charge in [0.1, 0.15) is 16.5 Å². The van der Waals surface area contributed by atoms with Crippen molar-refractivity contribution >= 4 is 52.5 Å². The van der Waals surface area contributed by atoms with Crippen LogP contribution in [0.15, 0.2) is 65.8 Å². The minimum Gasteiger partial charge on any atom is -0.340 e. The Bertz CT molecular complexity index is 1260. The summed E-state index contributed by atoms with van der Waals surface area (Å²) in [5, 5.41) is 3.31. The summed E-state index contributed by atoms with van der Waals surface area (Å²) in [6.45, 7) is 3.28. The van der Waals surface area contributed by atoms with E-state index in [2.05, 4.69) is 15.3 Å². The van der Waals surface area contributed by atoms with Crippen molar-refractivity contribution in [2.75, 3.05) is 10.2 Å². The molecule has 1 aliphatic rings. The van der Waals surface area contributed by atoms with E-state index in [1.54, 1.807) is 50.5 Å². The molecule has 1 aromatic carbocycles. The van der Waals surface area contributed by atoms with Gasteiger partial charge in [-0.05, 0) is 79.7 Å². The van der Waals surface area contributed by atoms with Gasteiger partial charge in [-0.2, -0.15) is 13.2 Å². The number of amides is 3. The molecule has 3 aromatic rings. The van der Waals surface area contributed by atoms with Gasteiger partial charge >= 0.3 is 11.5 Å². The van der Waals surface area contributed by atoms with E-state index in [0.717, 1.165) is 10.6 Å². The van der Waals surface area contributed by atoms with Crippen molar-refractivity contribution in [3.05, 3.63) is 71.6 Å². The predicted octanol–water partition coefficient (Wildman–Crippen LogP) is 6.23. The summed E-state index contributed by atoms with van der Waals surface area (Å²) >= 11 is 5.93. The van der Waals surface area contributed by atoms with Crippen LogP contribution in [0.4, 0.5) is 35.2 Å². The first-order valence-electron chi connectivity index (χ1n) is 10.3. The number of hydrogen-bond donors (Lipinski definition) is 1. The topological polar surface area (TPSA) is 78.4 Å². The Morgan fingerprint density at radius 2 is 1.71 bits per heavy atom. The van der Waals surface area contributed by atoms with Crippen LogP contribution in [0.1, 0.15) is 19.4 Å². The Kier molecular flexibility index (Phi) is 6.65. The lowest BCUT2D eigenvalue weighted by Gasteiger charge is -2.28. The van der Waals surface area contributed by atoms with E-state index in [1.165, 1.54) is 29.2 Å². The highest BCUT2D eigenvalue weighted by Crippen LogP contribution is 2.39. The summed E-state index contributed by atoms with van der Waals surface area (Å²) in [6, 6.07) is 11.3. The molecule has 0 saturated carbocycles. The second-order valence-electron chi connectivity index (χ2n) is 8.15. The van der Waals surface area contributed by atoms with Crippen LogP contribution in [-0.4, -0.2) is 37.9 Å². The van der Waals surface area contributed by atoms with E-state index in [9.17, 15) is 22.8 Å². The van der Waals surface area contributed by atoms with Gasteiger partial charge in [0, 0.05) is 29.5 Å². The summed E-state index contributed by atoms with van der Waals surface area (Å²) in [5.41, 5.74) is -4.07. The Morgan fingerprint density at radius 3 is 2.34 bits per heavy atom. The average molecular weight is 522 g/mol. The molecule has 35 heavy (non-hydrogen) atoms. The molecule has 0 atom stereocenters. The van der Waals surface area contributed by atoms with Crippen LogP contribution in [0.25, 0.3) is 0 Å². The van der Waals surface area contributed by atoms with Crippen molar-refractivity contribution in [3.63, 3.8) is 0 Å². The Labute approximate surface area is 208 Å².